The Balaban J connectivity index is 2.32. The van der Waals surface area contributed by atoms with Crippen LogP contribution in [0.5, 0.6) is 0 Å². The van der Waals surface area contributed by atoms with Gasteiger partial charge in [-0.1, -0.05) is 0 Å². The number of ether oxygens (including phenoxy) is 2. The summed E-state index contributed by atoms with van der Waals surface area (Å²) in [6.45, 7) is -0.382. The molecule has 0 spiro atoms. The number of aliphatic hydroxyl groups is 2. The normalized spacial score (nSPS) is 33.6. The quantitative estimate of drug-likeness (QED) is 0.501. The van der Waals surface area contributed by atoms with Gasteiger partial charge in [0.05, 0.1) is 19.1 Å². The van der Waals surface area contributed by atoms with Crippen molar-refractivity contribution in [3.05, 3.63) is 0 Å². The zero-order valence-electron chi connectivity index (χ0n) is 7.24. The first-order valence-electron chi connectivity index (χ1n) is 3.99. The molecule has 0 bridgehead atoms. The highest BCUT2D eigenvalue weighted by Gasteiger charge is 2.33. The third kappa shape index (κ3) is 3.62. The molecule has 0 saturated carbocycles. The lowest BCUT2D eigenvalue weighted by Gasteiger charge is -2.29. The second-order valence-electron chi connectivity index (χ2n) is 3.00. The molecule has 3 atom stereocenters. The molecule has 1 heterocycles. The van der Waals surface area contributed by atoms with E-state index in [9.17, 15) is 19.5 Å². The Kier molecular flexibility index (Phi) is 4.03. The van der Waals surface area contributed by atoms with Crippen molar-refractivity contribution < 1.29 is 34.0 Å². The predicted molar refractivity (Wildman–Crippen MR) is 39.9 cm³/mol. The van der Waals surface area contributed by atoms with Crippen LogP contribution >= 0.6 is 7.60 Å². The average Bonchev–Trinajstić information content (AvgIpc) is 2.42. The fourth-order valence-electron chi connectivity index (χ4n) is 1.14. The molecule has 2 N–H and O–H groups in total. The van der Waals surface area contributed by atoms with E-state index < -0.39 is 32.4 Å². The molecule has 0 amide bonds. The molecule has 1 saturated heterocycles. The Labute approximate surface area is 80.4 Å². The largest absolute Gasteiger partial charge is 0.809 e. The van der Waals surface area contributed by atoms with Crippen molar-refractivity contribution in [3.8, 4) is 0 Å². The summed E-state index contributed by atoms with van der Waals surface area (Å²) >= 11 is 0. The van der Waals surface area contributed by atoms with Gasteiger partial charge in [-0.2, -0.15) is 0 Å². The van der Waals surface area contributed by atoms with Crippen LogP contribution in [0.3, 0.4) is 0 Å². The molecule has 0 aromatic heterocycles. The summed E-state index contributed by atoms with van der Waals surface area (Å²) in [6, 6.07) is 0. The minimum absolute atomic E-state index is 0.0469. The molecule has 84 valence electrons. The SMILES string of the molecule is O=P([O-])([O-])CO[C@@H]1C[C@H](O)[C@@H](CO)O1. The van der Waals surface area contributed by atoms with Crippen molar-refractivity contribution in [1.82, 2.24) is 0 Å². The van der Waals surface area contributed by atoms with E-state index in [1.807, 2.05) is 0 Å². The molecule has 1 aliphatic heterocycles. The van der Waals surface area contributed by atoms with Crippen LogP contribution < -0.4 is 9.79 Å². The third-order valence-corrected chi connectivity index (χ3v) is 2.25. The first-order valence-corrected chi connectivity index (χ1v) is 5.72. The second kappa shape index (κ2) is 4.67. The van der Waals surface area contributed by atoms with Crippen molar-refractivity contribution in [3.63, 3.8) is 0 Å². The highest BCUT2D eigenvalue weighted by atomic mass is 31.2. The van der Waals surface area contributed by atoms with E-state index in [-0.39, 0.29) is 13.0 Å². The van der Waals surface area contributed by atoms with E-state index in [0.29, 0.717) is 0 Å². The van der Waals surface area contributed by atoms with E-state index >= 15 is 0 Å². The molecule has 7 nitrogen and oxygen atoms in total. The van der Waals surface area contributed by atoms with Crippen molar-refractivity contribution in [2.45, 2.75) is 24.9 Å². The van der Waals surface area contributed by atoms with Gasteiger partial charge in [0.25, 0.3) is 0 Å². The van der Waals surface area contributed by atoms with Gasteiger partial charge in [0.15, 0.2) is 6.29 Å². The molecular formula is C6H11O7P-2. The number of rotatable bonds is 4. The van der Waals surface area contributed by atoms with E-state index in [4.69, 9.17) is 9.84 Å². The van der Waals surface area contributed by atoms with Crippen LogP contribution in [0.25, 0.3) is 0 Å². The van der Waals surface area contributed by atoms with Crippen molar-refractivity contribution in [2.24, 2.45) is 0 Å². The van der Waals surface area contributed by atoms with Gasteiger partial charge in [-0.3, -0.25) is 0 Å². The molecule has 1 rings (SSSR count). The molecule has 0 aliphatic carbocycles. The first-order chi connectivity index (χ1) is 6.42. The van der Waals surface area contributed by atoms with Crippen LogP contribution in [0, 0.1) is 0 Å². The average molecular weight is 226 g/mol. The fourth-order valence-corrected chi connectivity index (χ4v) is 1.49. The first kappa shape index (κ1) is 12.1. The summed E-state index contributed by atoms with van der Waals surface area (Å²) in [5.74, 6) is 0. The zero-order valence-corrected chi connectivity index (χ0v) is 8.13. The summed E-state index contributed by atoms with van der Waals surface area (Å²) in [7, 11) is -4.71. The standard InChI is InChI=1S/C6H13O7P/c7-2-5-4(8)1-6(13-5)12-3-14(9,10)11/h4-8H,1-3H2,(H2,9,10,11)/p-2/t4-,5+,6-/m0/s1. The summed E-state index contributed by atoms with van der Waals surface area (Å²) < 4.78 is 19.7. The van der Waals surface area contributed by atoms with Gasteiger partial charge in [0, 0.05) is 6.42 Å². The fraction of sp³-hybridized carbons (Fsp3) is 1.00. The molecular weight excluding hydrogens is 215 g/mol. The maximum absolute atomic E-state index is 10.2. The molecule has 1 fully saturated rings. The lowest BCUT2D eigenvalue weighted by molar-refractivity contribution is -0.321. The topological polar surface area (TPSA) is 122 Å². The van der Waals surface area contributed by atoms with Crippen LogP contribution in [-0.2, 0) is 14.0 Å². The van der Waals surface area contributed by atoms with Gasteiger partial charge in [0.1, 0.15) is 6.10 Å². The van der Waals surface area contributed by atoms with Crippen LogP contribution in [0.1, 0.15) is 6.42 Å². The Hall–Kier alpha value is -0.0100. The smallest absolute Gasteiger partial charge is 0.161 e. The highest BCUT2D eigenvalue weighted by molar-refractivity contribution is 7.48. The monoisotopic (exact) mass is 226 g/mol. The number of hydrogen-bond acceptors (Lipinski definition) is 7. The van der Waals surface area contributed by atoms with Crippen molar-refractivity contribution >= 4 is 7.60 Å². The Morgan fingerprint density at radius 3 is 2.64 bits per heavy atom. The summed E-state index contributed by atoms with van der Waals surface area (Å²) in [6.07, 6.45) is -3.55. The minimum Gasteiger partial charge on any atom is -0.809 e. The number of hydrogen-bond donors (Lipinski definition) is 2. The summed E-state index contributed by atoms with van der Waals surface area (Å²) in [5, 5.41) is 17.9. The highest BCUT2D eigenvalue weighted by Crippen LogP contribution is 2.27. The van der Waals surface area contributed by atoms with Crippen LogP contribution in [0.15, 0.2) is 0 Å². The third-order valence-electron chi connectivity index (χ3n) is 1.79. The van der Waals surface area contributed by atoms with Gasteiger partial charge < -0.3 is 34.0 Å². The lowest BCUT2D eigenvalue weighted by Crippen LogP contribution is -2.25. The van der Waals surface area contributed by atoms with Crippen molar-refractivity contribution in [2.75, 3.05) is 13.0 Å². The van der Waals surface area contributed by atoms with Gasteiger partial charge in [-0.05, 0) is 7.60 Å². The van der Waals surface area contributed by atoms with E-state index in [2.05, 4.69) is 4.74 Å². The molecule has 8 heteroatoms. The molecule has 0 aromatic carbocycles. The molecule has 0 unspecified atom stereocenters. The van der Waals surface area contributed by atoms with Crippen LogP contribution in [0.2, 0.25) is 0 Å². The minimum atomic E-state index is -4.71. The van der Waals surface area contributed by atoms with E-state index in [0.717, 1.165) is 0 Å². The predicted octanol–water partition coefficient (Wildman–Crippen LogP) is -2.66. The Bertz CT molecular complexity index is 226. The Morgan fingerprint density at radius 2 is 2.21 bits per heavy atom. The van der Waals surface area contributed by atoms with Gasteiger partial charge >= 0.3 is 0 Å². The zero-order chi connectivity index (χ0) is 10.8. The van der Waals surface area contributed by atoms with E-state index in [1.165, 1.54) is 0 Å². The number of aliphatic hydroxyl groups excluding tert-OH is 2. The van der Waals surface area contributed by atoms with Gasteiger partial charge in [-0.25, -0.2) is 0 Å². The molecule has 14 heavy (non-hydrogen) atoms. The lowest BCUT2D eigenvalue weighted by atomic mass is 10.2. The maximum Gasteiger partial charge on any atom is 0.161 e. The Morgan fingerprint density at radius 1 is 1.57 bits per heavy atom. The summed E-state index contributed by atoms with van der Waals surface area (Å²) in [5.41, 5.74) is 0. The van der Waals surface area contributed by atoms with Crippen molar-refractivity contribution in [1.29, 1.82) is 0 Å². The van der Waals surface area contributed by atoms with Crippen LogP contribution in [0.4, 0.5) is 0 Å². The molecule has 0 aromatic rings. The van der Waals surface area contributed by atoms with Crippen LogP contribution in [-0.4, -0.2) is 41.7 Å². The van der Waals surface area contributed by atoms with E-state index in [1.54, 1.807) is 0 Å². The molecule has 0 radical (unpaired) electrons. The van der Waals surface area contributed by atoms with Gasteiger partial charge in [0.2, 0.25) is 0 Å². The maximum atomic E-state index is 10.2. The molecule has 1 aliphatic rings. The van der Waals surface area contributed by atoms with Gasteiger partial charge in [-0.15, -0.1) is 0 Å². The second-order valence-corrected chi connectivity index (χ2v) is 4.48. The summed E-state index contributed by atoms with van der Waals surface area (Å²) in [4.78, 5) is 20.4.